The van der Waals surface area contributed by atoms with Crippen LogP contribution >= 0.6 is 0 Å². The Morgan fingerprint density at radius 1 is 1.14 bits per heavy atom. The summed E-state index contributed by atoms with van der Waals surface area (Å²) in [4.78, 5) is 30.0. The van der Waals surface area contributed by atoms with E-state index in [4.69, 9.17) is 0 Å². The van der Waals surface area contributed by atoms with Crippen molar-refractivity contribution in [3.05, 3.63) is 35.4 Å². The van der Waals surface area contributed by atoms with Crippen LogP contribution in [0.3, 0.4) is 0 Å². The summed E-state index contributed by atoms with van der Waals surface area (Å²) in [5.41, 5.74) is 1.84. The number of amides is 2. The molecule has 1 aliphatic heterocycles. The molecule has 1 fully saturated rings. The van der Waals surface area contributed by atoms with E-state index >= 15 is 0 Å². The first-order valence-corrected chi connectivity index (χ1v) is 7.76. The minimum Gasteiger partial charge on any atom is -0.348 e. The average molecular weight is 303 g/mol. The molecule has 0 unspecified atom stereocenters. The van der Waals surface area contributed by atoms with E-state index in [1.807, 2.05) is 36.1 Å². The molecule has 0 radical (unpaired) electrons. The Bertz CT molecular complexity index is 542. The second kappa shape index (κ2) is 7.40. The number of hydrogen-bond donors (Lipinski definition) is 0. The fraction of sp³-hybridized carbons (Fsp3) is 0.529. The van der Waals surface area contributed by atoms with Crippen molar-refractivity contribution >= 4 is 11.8 Å². The normalized spacial score (nSPS) is 16.2. The van der Waals surface area contributed by atoms with Crippen LogP contribution in [-0.4, -0.2) is 73.3 Å². The predicted molar refractivity (Wildman–Crippen MR) is 86.8 cm³/mol. The van der Waals surface area contributed by atoms with Gasteiger partial charge in [-0.1, -0.05) is 17.7 Å². The number of rotatable bonds is 3. The quantitative estimate of drug-likeness (QED) is 0.843. The molecule has 120 valence electrons. The van der Waals surface area contributed by atoms with E-state index < -0.39 is 0 Å². The molecule has 0 aromatic heterocycles. The number of carbonyl (C=O) groups is 2. The molecule has 2 rings (SSSR count). The first-order chi connectivity index (χ1) is 10.5. The lowest BCUT2D eigenvalue weighted by atomic mass is 10.1. The maximum atomic E-state index is 12.6. The van der Waals surface area contributed by atoms with Crippen molar-refractivity contribution in [3.8, 4) is 0 Å². The largest absolute Gasteiger partial charge is 0.348 e. The fourth-order valence-electron chi connectivity index (χ4n) is 2.63. The summed E-state index contributed by atoms with van der Waals surface area (Å²) in [5, 5.41) is 0. The van der Waals surface area contributed by atoms with Crippen molar-refractivity contribution < 1.29 is 9.59 Å². The number of likely N-dealkylation sites (N-methyl/N-ethyl adjacent to an activating group) is 1. The Morgan fingerprint density at radius 3 is 2.59 bits per heavy atom. The zero-order chi connectivity index (χ0) is 16.1. The highest BCUT2D eigenvalue weighted by Gasteiger charge is 2.21. The molecule has 1 aromatic carbocycles. The van der Waals surface area contributed by atoms with Gasteiger partial charge in [0.2, 0.25) is 5.91 Å². The highest BCUT2D eigenvalue weighted by molar-refractivity contribution is 5.94. The van der Waals surface area contributed by atoms with E-state index in [2.05, 4.69) is 4.90 Å². The van der Waals surface area contributed by atoms with Gasteiger partial charge in [0.05, 0.1) is 6.54 Å². The van der Waals surface area contributed by atoms with E-state index in [-0.39, 0.29) is 11.8 Å². The van der Waals surface area contributed by atoms with Crippen molar-refractivity contribution in [3.63, 3.8) is 0 Å². The zero-order valence-electron chi connectivity index (χ0n) is 13.7. The van der Waals surface area contributed by atoms with Crippen LogP contribution in [0.1, 0.15) is 22.3 Å². The Balaban J connectivity index is 1.95. The lowest BCUT2D eigenvalue weighted by Gasteiger charge is -2.23. The Labute approximate surface area is 132 Å². The molecule has 0 spiro atoms. The van der Waals surface area contributed by atoms with Gasteiger partial charge in [-0.2, -0.15) is 0 Å². The molecule has 5 heteroatoms. The van der Waals surface area contributed by atoms with Gasteiger partial charge in [-0.3, -0.25) is 14.5 Å². The highest BCUT2D eigenvalue weighted by Crippen LogP contribution is 2.11. The van der Waals surface area contributed by atoms with E-state index in [9.17, 15) is 9.59 Å². The number of benzene rings is 1. The number of aryl methyl sites for hydroxylation is 1. The molecule has 0 N–H and O–H groups in total. The van der Waals surface area contributed by atoms with Crippen molar-refractivity contribution in [1.29, 1.82) is 0 Å². The summed E-state index contributed by atoms with van der Waals surface area (Å²) in [5.74, 6) is 0.197. The van der Waals surface area contributed by atoms with Crippen LogP contribution in [0.2, 0.25) is 0 Å². The molecule has 5 nitrogen and oxygen atoms in total. The minimum absolute atomic E-state index is 0.0875. The number of nitrogens with zero attached hydrogens (tertiary/aromatic N) is 3. The highest BCUT2D eigenvalue weighted by atomic mass is 16.2. The molecule has 1 aliphatic rings. The van der Waals surface area contributed by atoms with Crippen LogP contribution in [0.15, 0.2) is 24.3 Å². The third-order valence-electron chi connectivity index (χ3n) is 4.00. The molecule has 2 amide bonds. The lowest BCUT2D eigenvalue weighted by molar-refractivity contribution is -0.129. The number of carbonyl (C=O) groups excluding carboxylic acids is 2. The van der Waals surface area contributed by atoms with Crippen molar-refractivity contribution in [2.24, 2.45) is 0 Å². The van der Waals surface area contributed by atoms with Crippen molar-refractivity contribution in [2.75, 3.05) is 46.8 Å². The van der Waals surface area contributed by atoms with Crippen LogP contribution in [0.25, 0.3) is 0 Å². The van der Waals surface area contributed by atoms with Gasteiger partial charge in [-0.25, -0.2) is 0 Å². The fourth-order valence-corrected chi connectivity index (χ4v) is 2.63. The summed E-state index contributed by atoms with van der Waals surface area (Å²) in [6.45, 7) is 5.45. The third kappa shape index (κ3) is 4.31. The second-order valence-electron chi connectivity index (χ2n) is 6.08. The minimum atomic E-state index is 0.0875. The molecule has 1 saturated heterocycles. The topological polar surface area (TPSA) is 43.9 Å². The van der Waals surface area contributed by atoms with Gasteiger partial charge in [-0.15, -0.1) is 0 Å². The Morgan fingerprint density at radius 2 is 1.91 bits per heavy atom. The van der Waals surface area contributed by atoms with Gasteiger partial charge < -0.3 is 9.80 Å². The smallest absolute Gasteiger partial charge is 0.253 e. The van der Waals surface area contributed by atoms with E-state index in [1.165, 1.54) is 0 Å². The number of hydrogen-bond acceptors (Lipinski definition) is 3. The SMILES string of the molecule is Cc1cccc(C(=O)N2CCCN(CC(=O)N(C)C)CC2)c1. The van der Waals surface area contributed by atoms with Gasteiger partial charge in [-0.05, 0) is 25.5 Å². The van der Waals surface area contributed by atoms with E-state index in [1.54, 1.807) is 19.0 Å². The molecule has 1 heterocycles. The van der Waals surface area contributed by atoms with Crippen LogP contribution in [0.4, 0.5) is 0 Å². The molecule has 0 aliphatic carbocycles. The molecule has 0 bridgehead atoms. The van der Waals surface area contributed by atoms with E-state index in [0.29, 0.717) is 13.1 Å². The summed E-state index contributed by atoms with van der Waals surface area (Å²) >= 11 is 0. The standard InChI is InChI=1S/C17H25N3O2/c1-14-6-4-7-15(12-14)17(22)20-9-5-8-19(10-11-20)13-16(21)18(2)3/h4,6-7,12H,5,8-11,13H2,1-3H3. The van der Waals surface area contributed by atoms with Gasteiger partial charge in [0.15, 0.2) is 0 Å². The molecular formula is C17H25N3O2. The summed E-state index contributed by atoms with van der Waals surface area (Å²) in [7, 11) is 3.54. The molecule has 0 atom stereocenters. The molecule has 1 aromatic rings. The maximum Gasteiger partial charge on any atom is 0.253 e. The van der Waals surface area contributed by atoms with Crippen molar-refractivity contribution in [2.45, 2.75) is 13.3 Å². The molecule has 22 heavy (non-hydrogen) atoms. The Kier molecular flexibility index (Phi) is 5.55. The van der Waals surface area contributed by atoms with E-state index in [0.717, 1.165) is 37.2 Å². The van der Waals surface area contributed by atoms with Gasteiger partial charge in [0, 0.05) is 45.8 Å². The third-order valence-corrected chi connectivity index (χ3v) is 4.00. The molecular weight excluding hydrogens is 278 g/mol. The maximum absolute atomic E-state index is 12.6. The summed E-state index contributed by atoms with van der Waals surface area (Å²) in [6, 6.07) is 7.71. The van der Waals surface area contributed by atoms with Crippen LogP contribution in [-0.2, 0) is 4.79 Å². The predicted octanol–water partition coefficient (Wildman–Crippen LogP) is 1.23. The summed E-state index contributed by atoms with van der Waals surface area (Å²) in [6.07, 6.45) is 0.901. The second-order valence-corrected chi connectivity index (χ2v) is 6.08. The van der Waals surface area contributed by atoms with Crippen LogP contribution < -0.4 is 0 Å². The van der Waals surface area contributed by atoms with Crippen LogP contribution in [0, 0.1) is 6.92 Å². The first-order valence-electron chi connectivity index (χ1n) is 7.76. The first kappa shape index (κ1) is 16.5. The van der Waals surface area contributed by atoms with Gasteiger partial charge in [0.1, 0.15) is 0 Å². The summed E-state index contributed by atoms with van der Waals surface area (Å²) < 4.78 is 0. The molecule has 0 saturated carbocycles. The monoisotopic (exact) mass is 303 g/mol. The average Bonchev–Trinajstić information content (AvgIpc) is 2.72. The Hall–Kier alpha value is -1.88. The van der Waals surface area contributed by atoms with Crippen LogP contribution in [0.5, 0.6) is 0 Å². The van der Waals surface area contributed by atoms with Gasteiger partial charge in [0.25, 0.3) is 5.91 Å². The van der Waals surface area contributed by atoms with Crippen molar-refractivity contribution in [1.82, 2.24) is 14.7 Å². The van der Waals surface area contributed by atoms with Gasteiger partial charge >= 0.3 is 0 Å². The zero-order valence-corrected chi connectivity index (χ0v) is 13.7. The lowest BCUT2D eigenvalue weighted by Crippen LogP contribution is -2.39.